The summed E-state index contributed by atoms with van der Waals surface area (Å²) in [5, 5.41) is 0. The molecular weight excluding hydrogens is 246 g/mol. The number of hydrogen-bond donors (Lipinski definition) is 0. The van der Waals surface area contributed by atoms with Crippen LogP contribution in [-0.4, -0.2) is 23.9 Å². The molecule has 110 valence electrons. The minimum atomic E-state index is 0.358. The molecule has 0 aromatic heterocycles. The zero-order valence-electron chi connectivity index (χ0n) is 12.8. The Morgan fingerprint density at radius 1 is 1.20 bits per heavy atom. The van der Waals surface area contributed by atoms with Gasteiger partial charge in [0, 0.05) is 19.5 Å². The van der Waals surface area contributed by atoms with Gasteiger partial charge in [-0.15, -0.1) is 0 Å². The van der Waals surface area contributed by atoms with Crippen LogP contribution < -0.4 is 0 Å². The Labute approximate surface area is 123 Å². The third-order valence-electron chi connectivity index (χ3n) is 4.27. The number of piperidine rings is 1. The van der Waals surface area contributed by atoms with Crippen molar-refractivity contribution in [2.24, 2.45) is 11.8 Å². The second-order valence-electron chi connectivity index (χ2n) is 6.45. The maximum atomic E-state index is 12.1. The van der Waals surface area contributed by atoms with Crippen LogP contribution in [0.2, 0.25) is 0 Å². The Kier molecular flexibility index (Phi) is 5.63. The van der Waals surface area contributed by atoms with Crippen molar-refractivity contribution in [1.29, 1.82) is 0 Å². The molecule has 0 unspecified atom stereocenters. The van der Waals surface area contributed by atoms with E-state index in [0.29, 0.717) is 11.8 Å². The molecule has 1 heterocycles. The summed E-state index contributed by atoms with van der Waals surface area (Å²) in [7, 11) is 0. The normalized spacial score (nSPS) is 16.6. The summed E-state index contributed by atoms with van der Waals surface area (Å²) in [6.45, 7) is 6.27. The highest BCUT2D eigenvalue weighted by Crippen LogP contribution is 2.22. The van der Waals surface area contributed by atoms with E-state index in [1.807, 2.05) is 0 Å². The number of carbonyl (C=O) groups excluding carboxylic acids is 1. The minimum absolute atomic E-state index is 0.358. The number of hydrogen-bond acceptors (Lipinski definition) is 1. The van der Waals surface area contributed by atoms with Crippen molar-refractivity contribution in [3.8, 4) is 0 Å². The van der Waals surface area contributed by atoms with E-state index in [1.165, 1.54) is 5.56 Å². The van der Waals surface area contributed by atoms with Crippen LogP contribution in [-0.2, 0) is 11.2 Å². The molecule has 1 saturated heterocycles. The summed E-state index contributed by atoms with van der Waals surface area (Å²) in [5.74, 6) is 1.72. The topological polar surface area (TPSA) is 20.3 Å². The number of carbonyl (C=O) groups is 1. The first-order valence-corrected chi connectivity index (χ1v) is 7.97. The lowest BCUT2D eigenvalue weighted by Crippen LogP contribution is -2.38. The fourth-order valence-corrected chi connectivity index (χ4v) is 2.90. The number of nitrogens with zero attached hydrogens (tertiary/aromatic N) is 1. The van der Waals surface area contributed by atoms with Gasteiger partial charge < -0.3 is 4.90 Å². The van der Waals surface area contributed by atoms with E-state index in [2.05, 4.69) is 49.1 Å². The molecule has 1 aromatic carbocycles. The Morgan fingerprint density at radius 3 is 2.45 bits per heavy atom. The highest BCUT2D eigenvalue weighted by molar-refractivity contribution is 5.76. The molecule has 0 spiro atoms. The van der Waals surface area contributed by atoms with Gasteiger partial charge in [-0.25, -0.2) is 0 Å². The quantitative estimate of drug-likeness (QED) is 0.796. The number of rotatable bonds is 5. The van der Waals surface area contributed by atoms with E-state index < -0.39 is 0 Å². The highest BCUT2D eigenvalue weighted by atomic mass is 16.2. The van der Waals surface area contributed by atoms with Crippen LogP contribution in [0.15, 0.2) is 30.3 Å². The van der Waals surface area contributed by atoms with Crippen LogP contribution in [0.25, 0.3) is 0 Å². The molecule has 20 heavy (non-hydrogen) atoms. The lowest BCUT2D eigenvalue weighted by Gasteiger charge is -2.32. The van der Waals surface area contributed by atoms with Gasteiger partial charge in [-0.05, 0) is 43.1 Å². The van der Waals surface area contributed by atoms with Crippen molar-refractivity contribution < 1.29 is 4.79 Å². The van der Waals surface area contributed by atoms with Gasteiger partial charge >= 0.3 is 0 Å². The summed E-state index contributed by atoms with van der Waals surface area (Å²) in [6, 6.07) is 10.7. The summed E-state index contributed by atoms with van der Waals surface area (Å²) in [5.41, 5.74) is 1.43. The molecule has 2 heteroatoms. The SMILES string of the molecule is CC(C)CCC(=O)N1CCC(Cc2ccccc2)CC1. The van der Waals surface area contributed by atoms with E-state index in [0.717, 1.165) is 51.1 Å². The fourth-order valence-electron chi connectivity index (χ4n) is 2.90. The van der Waals surface area contributed by atoms with Crippen molar-refractivity contribution in [2.45, 2.75) is 46.0 Å². The summed E-state index contributed by atoms with van der Waals surface area (Å²) in [6.07, 6.45) is 5.21. The Balaban J connectivity index is 1.73. The average molecular weight is 273 g/mol. The second kappa shape index (κ2) is 7.47. The van der Waals surface area contributed by atoms with Crippen molar-refractivity contribution in [3.05, 3.63) is 35.9 Å². The van der Waals surface area contributed by atoms with Gasteiger partial charge in [0.2, 0.25) is 5.91 Å². The summed E-state index contributed by atoms with van der Waals surface area (Å²) >= 11 is 0. The predicted octanol–water partition coefficient (Wildman–Crippen LogP) is 3.90. The van der Waals surface area contributed by atoms with E-state index in [4.69, 9.17) is 0 Å². The van der Waals surface area contributed by atoms with E-state index in [1.54, 1.807) is 0 Å². The second-order valence-corrected chi connectivity index (χ2v) is 6.45. The maximum Gasteiger partial charge on any atom is 0.222 e. The van der Waals surface area contributed by atoms with Crippen LogP contribution in [0.1, 0.15) is 45.1 Å². The smallest absolute Gasteiger partial charge is 0.222 e. The lowest BCUT2D eigenvalue weighted by molar-refractivity contribution is -0.132. The van der Waals surface area contributed by atoms with Crippen molar-refractivity contribution >= 4 is 5.91 Å². The zero-order chi connectivity index (χ0) is 14.4. The summed E-state index contributed by atoms with van der Waals surface area (Å²) < 4.78 is 0. The molecular formula is C18H27NO. The number of benzene rings is 1. The van der Waals surface area contributed by atoms with Crippen LogP contribution in [0.4, 0.5) is 0 Å². The van der Waals surface area contributed by atoms with Crippen molar-refractivity contribution in [3.63, 3.8) is 0 Å². The Morgan fingerprint density at radius 2 is 1.85 bits per heavy atom. The van der Waals surface area contributed by atoms with Gasteiger partial charge in [-0.3, -0.25) is 4.79 Å². The molecule has 2 nitrogen and oxygen atoms in total. The monoisotopic (exact) mass is 273 g/mol. The average Bonchev–Trinajstić information content (AvgIpc) is 2.46. The molecule has 0 saturated carbocycles. The Hall–Kier alpha value is -1.31. The third-order valence-corrected chi connectivity index (χ3v) is 4.27. The molecule has 0 bridgehead atoms. The van der Waals surface area contributed by atoms with Crippen LogP contribution >= 0.6 is 0 Å². The van der Waals surface area contributed by atoms with Crippen molar-refractivity contribution in [2.75, 3.05) is 13.1 Å². The zero-order valence-corrected chi connectivity index (χ0v) is 12.8. The molecule has 1 aliphatic heterocycles. The summed E-state index contributed by atoms with van der Waals surface area (Å²) in [4.78, 5) is 14.2. The Bertz CT molecular complexity index is 405. The van der Waals surface area contributed by atoms with Crippen LogP contribution in [0.3, 0.4) is 0 Å². The van der Waals surface area contributed by atoms with Gasteiger partial charge in [0.1, 0.15) is 0 Å². The van der Waals surface area contributed by atoms with Crippen LogP contribution in [0, 0.1) is 11.8 Å². The van der Waals surface area contributed by atoms with Gasteiger partial charge in [-0.2, -0.15) is 0 Å². The molecule has 0 aliphatic carbocycles. The predicted molar refractivity (Wildman–Crippen MR) is 83.5 cm³/mol. The first-order chi connectivity index (χ1) is 9.65. The molecule has 0 atom stereocenters. The van der Waals surface area contributed by atoms with E-state index in [9.17, 15) is 4.79 Å². The molecule has 0 radical (unpaired) electrons. The molecule has 2 rings (SSSR count). The maximum absolute atomic E-state index is 12.1. The minimum Gasteiger partial charge on any atom is -0.343 e. The molecule has 1 aromatic rings. The van der Waals surface area contributed by atoms with Gasteiger partial charge in [-0.1, -0.05) is 44.2 Å². The van der Waals surface area contributed by atoms with E-state index >= 15 is 0 Å². The van der Waals surface area contributed by atoms with Crippen LogP contribution in [0.5, 0.6) is 0 Å². The largest absolute Gasteiger partial charge is 0.343 e. The van der Waals surface area contributed by atoms with E-state index in [-0.39, 0.29) is 0 Å². The molecule has 0 N–H and O–H groups in total. The first-order valence-electron chi connectivity index (χ1n) is 7.97. The van der Waals surface area contributed by atoms with Crippen molar-refractivity contribution in [1.82, 2.24) is 4.90 Å². The fraction of sp³-hybridized carbons (Fsp3) is 0.611. The number of amides is 1. The standard InChI is InChI=1S/C18H27NO/c1-15(2)8-9-18(20)19-12-10-17(11-13-19)14-16-6-4-3-5-7-16/h3-7,15,17H,8-14H2,1-2H3. The van der Waals surface area contributed by atoms with Gasteiger partial charge in [0.25, 0.3) is 0 Å². The van der Waals surface area contributed by atoms with Gasteiger partial charge in [0.15, 0.2) is 0 Å². The molecule has 1 fully saturated rings. The highest BCUT2D eigenvalue weighted by Gasteiger charge is 2.22. The molecule has 1 amide bonds. The number of likely N-dealkylation sites (tertiary alicyclic amines) is 1. The first kappa shape index (κ1) is 15.1. The van der Waals surface area contributed by atoms with Gasteiger partial charge in [0.05, 0.1) is 0 Å². The molecule has 1 aliphatic rings. The lowest BCUT2D eigenvalue weighted by atomic mass is 9.90. The third kappa shape index (κ3) is 4.66.